The van der Waals surface area contributed by atoms with Crippen LogP contribution >= 0.6 is 0 Å². The molecule has 1 aliphatic carbocycles. The first kappa shape index (κ1) is 94.9. The normalized spacial score (nSPS) is 11.9. The summed E-state index contributed by atoms with van der Waals surface area (Å²) in [4.78, 5) is 0. The van der Waals surface area contributed by atoms with E-state index in [0.717, 1.165) is 82.3 Å². The van der Waals surface area contributed by atoms with E-state index >= 15 is 4.39 Å². The molecule has 0 saturated heterocycles. The maximum atomic E-state index is 15.1. The first-order valence-corrected chi connectivity index (χ1v) is 47.9. The van der Waals surface area contributed by atoms with Crippen LogP contribution < -0.4 is 22.8 Å². The monoisotopic (exact) mass is 1740 g/mol. The van der Waals surface area contributed by atoms with E-state index in [-0.39, 0.29) is 11.6 Å². The van der Waals surface area contributed by atoms with E-state index < -0.39 is 0 Å². The minimum absolute atomic E-state index is 0.0941. The maximum absolute atomic E-state index is 15.1. The molecule has 0 unspecified atom stereocenters. The predicted octanol–water partition coefficient (Wildman–Crippen LogP) is 29.6. The summed E-state index contributed by atoms with van der Waals surface area (Å²) in [7, 11) is 10.5. The standard InChI is InChI=1S/C29H32N.C25H26N.C24H28N.2C23H27FN/c1-19(2)16-23-10-12-27-24(18-23)14-15-30(6)29(27)26-13-11-25(17-22(26)5)28-20(3)8-7-9-21(28)4;1-17(2)13-19-9-10-23-22(15-19)11-12-26(4)25(23)24-16-21-8-6-5-7-20(21)14-18(24)3;1-16(2)12-18-8-9-22-21(14-18)10-11-25(4)24(22)23-15-20-7-5-6-19(20)13-17(23)3;1-14(2)11-18-7-8-20-19(13-18)9-10-25(6)23(20)21-12-15(3)22(24)17(5)16(21)4;1-14(2)11-18-7-8-20-19(13-18)9-10-25(6)23(20)21-17(5)15(3)12-16(4)22(21)24/h7-15,17-19H,16H2,1-6H3;5-12,14-17H,13H2,1-4H3;8-11,13-16H,5-7,12H2,1-4H3;2*7-10,12-14H,11H2,1-6H3/q5*+1. The van der Waals surface area contributed by atoms with Gasteiger partial charge in [-0.25, -0.2) is 31.6 Å². The summed E-state index contributed by atoms with van der Waals surface area (Å²) in [6, 6.07) is 80.8. The van der Waals surface area contributed by atoms with Crippen LogP contribution in [0.4, 0.5) is 8.78 Å². The lowest BCUT2D eigenvalue weighted by Crippen LogP contribution is -2.31. The van der Waals surface area contributed by atoms with E-state index in [1.807, 2.05) is 64.6 Å². The Kier molecular flexibility index (Phi) is 29.5. The molecule has 17 aromatic rings. The van der Waals surface area contributed by atoms with Gasteiger partial charge in [0.25, 0.3) is 0 Å². The van der Waals surface area contributed by atoms with Crippen molar-refractivity contribution in [2.75, 3.05) is 0 Å². The van der Waals surface area contributed by atoms with Gasteiger partial charge < -0.3 is 0 Å². The van der Waals surface area contributed by atoms with Gasteiger partial charge in [0.1, 0.15) is 46.9 Å². The van der Waals surface area contributed by atoms with Crippen LogP contribution in [-0.2, 0) is 80.2 Å². The molecule has 1 aliphatic rings. The number of rotatable bonds is 16. The molecule has 0 fully saturated rings. The minimum Gasteiger partial charge on any atom is -0.206 e. The highest BCUT2D eigenvalue weighted by Gasteiger charge is 2.28. The van der Waals surface area contributed by atoms with Gasteiger partial charge in [0.2, 0.25) is 28.5 Å². The molecule has 0 spiro atoms. The molecule has 131 heavy (non-hydrogen) atoms. The zero-order valence-electron chi connectivity index (χ0n) is 83.2. The Bertz CT molecular complexity index is 7130. The van der Waals surface area contributed by atoms with Crippen LogP contribution in [0.5, 0.6) is 0 Å². The molecule has 0 N–H and O–H groups in total. The van der Waals surface area contributed by atoms with Crippen LogP contribution in [0.25, 0.3) is 132 Å². The smallest absolute Gasteiger partial charge is 0.206 e. The van der Waals surface area contributed by atoms with Crippen LogP contribution in [0.2, 0.25) is 0 Å². The second-order valence-electron chi connectivity index (χ2n) is 40.2. The maximum Gasteiger partial charge on any atom is 0.223 e. The van der Waals surface area contributed by atoms with Crippen molar-refractivity contribution in [1.29, 1.82) is 0 Å². The number of fused-ring (bicyclic) bond motifs is 7. The summed E-state index contributed by atoms with van der Waals surface area (Å²) in [6.45, 7) is 45.4. The molecule has 5 heterocycles. The molecular weight excluding hydrogens is 1600 g/mol. The number of hydrogen-bond donors (Lipinski definition) is 0. The van der Waals surface area contributed by atoms with Gasteiger partial charge in [0.05, 0.1) is 43.6 Å². The number of halogens is 2. The third-order valence-corrected chi connectivity index (χ3v) is 27.0. The van der Waals surface area contributed by atoms with Gasteiger partial charge >= 0.3 is 0 Å². The fourth-order valence-electron chi connectivity index (χ4n) is 20.4. The summed E-state index contributed by atoms with van der Waals surface area (Å²) < 4.78 is 40.3. The Morgan fingerprint density at radius 3 is 0.992 bits per heavy atom. The highest BCUT2D eigenvalue weighted by molar-refractivity contribution is 6.00. The van der Waals surface area contributed by atoms with Crippen molar-refractivity contribution in [3.8, 4) is 67.4 Å². The summed E-state index contributed by atoms with van der Waals surface area (Å²) in [6.07, 6.45) is 20.0. The Morgan fingerprint density at radius 1 is 0.244 bits per heavy atom. The average Bonchev–Trinajstić information content (AvgIpc) is 0.973. The lowest BCUT2D eigenvalue weighted by Gasteiger charge is -2.14. The first-order valence-electron chi connectivity index (χ1n) is 47.9. The van der Waals surface area contributed by atoms with E-state index in [0.29, 0.717) is 40.7 Å². The molecule has 670 valence electrons. The van der Waals surface area contributed by atoms with Crippen molar-refractivity contribution < 1.29 is 31.6 Å². The van der Waals surface area contributed by atoms with E-state index in [1.54, 1.807) is 11.1 Å². The first-order chi connectivity index (χ1) is 62.5. The molecule has 12 aromatic carbocycles. The zero-order valence-corrected chi connectivity index (χ0v) is 83.2. The number of benzene rings is 12. The molecule has 0 bridgehead atoms. The average molecular weight is 1740 g/mol. The Morgan fingerprint density at radius 2 is 0.588 bits per heavy atom. The van der Waals surface area contributed by atoms with Gasteiger partial charge in [-0.05, 0) is 361 Å². The minimum atomic E-state index is -0.113. The zero-order chi connectivity index (χ0) is 93.8. The number of pyridine rings is 5. The number of nitrogens with zero attached hydrogens (tertiary/aromatic N) is 5. The topological polar surface area (TPSA) is 19.4 Å². The predicted molar refractivity (Wildman–Crippen MR) is 553 cm³/mol. The van der Waals surface area contributed by atoms with Crippen LogP contribution in [0.1, 0.15) is 176 Å². The molecule has 18 rings (SSSR count). The number of hydrogen-bond acceptors (Lipinski definition) is 0. The second kappa shape index (κ2) is 40.7. The van der Waals surface area contributed by atoms with Gasteiger partial charge in [0, 0.05) is 41.5 Å². The molecule has 0 radical (unpaired) electrons. The van der Waals surface area contributed by atoms with Gasteiger partial charge in [-0.3, -0.25) is 0 Å². The largest absolute Gasteiger partial charge is 0.223 e. The molecule has 5 nitrogen and oxygen atoms in total. The third-order valence-electron chi connectivity index (χ3n) is 27.0. The lowest BCUT2D eigenvalue weighted by molar-refractivity contribution is -0.659. The fourth-order valence-corrected chi connectivity index (χ4v) is 20.4. The number of aromatic nitrogens is 5. The Labute approximate surface area is 781 Å². The molecule has 0 saturated carbocycles. The SMILES string of the molecule is Cc1cc(-c2c(C)cccc2C)ccc1-c1c2ccc(CC(C)C)cc2cc[n+]1C.Cc1cc(-c2c3ccc(CC(C)C)cc3cc[n+]2C)c(C)c(C)c1F.Cc1cc(C)c(F)c(-c2c3ccc(CC(C)C)cc3cc[n+]2C)c1C.Cc1cc2c(cc1-c1c3ccc(CC(C)C)cc3cc[n+]1C)CCC2.Cc1cc2ccccc2cc1-c1c2ccc(CC(C)C)cc2cc[n+]1C. The quantitative estimate of drug-likeness (QED) is 0.0859. The summed E-state index contributed by atoms with van der Waals surface area (Å²) in [5.41, 5.74) is 36.6. The van der Waals surface area contributed by atoms with Crippen LogP contribution in [0.15, 0.2) is 249 Å². The van der Waals surface area contributed by atoms with E-state index in [4.69, 9.17) is 0 Å². The van der Waals surface area contributed by atoms with Gasteiger partial charge in [-0.15, -0.1) is 0 Å². The molecule has 5 aromatic heterocycles. The fraction of sp³-hybridized carbons (Fsp3) is 0.315. The second-order valence-corrected chi connectivity index (χ2v) is 40.2. The van der Waals surface area contributed by atoms with Crippen molar-refractivity contribution in [1.82, 2.24) is 0 Å². The van der Waals surface area contributed by atoms with Crippen LogP contribution in [0, 0.1) is 117 Å². The lowest BCUT2D eigenvalue weighted by atomic mass is 9.91. The molecule has 0 atom stereocenters. The molecule has 0 amide bonds. The molecule has 0 aliphatic heterocycles. The van der Waals surface area contributed by atoms with Crippen molar-refractivity contribution >= 4 is 64.6 Å². The summed E-state index contributed by atoms with van der Waals surface area (Å²) in [5, 5.41) is 15.3. The van der Waals surface area contributed by atoms with Crippen molar-refractivity contribution in [2.24, 2.45) is 64.8 Å². The van der Waals surface area contributed by atoms with Crippen LogP contribution in [-0.4, -0.2) is 0 Å². The van der Waals surface area contributed by atoms with Crippen molar-refractivity contribution in [2.45, 2.75) is 197 Å². The molecule has 7 heteroatoms. The van der Waals surface area contributed by atoms with E-state index in [2.05, 4.69) is 388 Å². The van der Waals surface area contributed by atoms with Gasteiger partial charge in [0.15, 0.2) is 31.0 Å². The highest BCUT2D eigenvalue weighted by Crippen LogP contribution is 2.41. The summed E-state index contributed by atoms with van der Waals surface area (Å²) in [5.74, 6) is 3.09. The van der Waals surface area contributed by atoms with E-state index in [9.17, 15) is 4.39 Å². The molecular formula is C124H140F2N5+5. The van der Waals surface area contributed by atoms with Crippen LogP contribution in [0.3, 0.4) is 0 Å². The number of aryl methyl sites for hydroxylation is 15. The Balaban J connectivity index is 0.000000132. The van der Waals surface area contributed by atoms with Gasteiger partial charge in [-0.2, -0.15) is 0 Å². The Hall–Kier alpha value is -12.2. The third kappa shape index (κ3) is 21.1. The van der Waals surface area contributed by atoms with Crippen molar-refractivity contribution in [3.05, 3.63) is 361 Å². The van der Waals surface area contributed by atoms with Gasteiger partial charge in [-0.1, -0.05) is 203 Å². The van der Waals surface area contributed by atoms with E-state index in [1.165, 1.54) is 179 Å². The summed E-state index contributed by atoms with van der Waals surface area (Å²) >= 11 is 0. The highest BCUT2D eigenvalue weighted by atomic mass is 19.1. The van der Waals surface area contributed by atoms with Crippen molar-refractivity contribution in [3.63, 3.8) is 0 Å².